The summed E-state index contributed by atoms with van der Waals surface area (Å²) in [5, 5.41) is 10.7. The summed E-state index contributed by atoms with van der Waals surface area (Å²) in [7, 11) is 1.06. The van der Waals surface area contributed by atoms with Gasteiger partial charge in [0.05, 0.1) is 30.2 Å². The summed E-state index contributed by atoms with van der Waals surface area (Å²) in [5.41, 5.74) is 3.03. The Labute approximate surface area is 99.7 Å². The number of esters is 1. The molecule has 0 unspecified atom stereocenters. The Bertz CT molecular complexity index is 493. The van der Waals surface area contributed by atoms with Crippen LogP contribution in [-0.4, -0.2) is 23.0 Å². The van der Waals surface area contributed by atoms with Crippen LogP contribution in [-0.2, 0) is 16.0 Å². The fourth-order valence-corrected chi connectivity index (χ4v) is 1.35. The first-order valence-electron chi connectivity index (χ1n) is 4.65. The van der Waals surface area contributed by atoms with Gasteiger partial charge < -0.3 is 10.5 Å². The number of methoxy groups -OCH3 is 1. The van der Waals surface area contributed by atoms with E-state index in [0.29, 0.717) is 0 Å². The van der Waals surface area contributed by atoms with E-state index in [4.69, 9.17) is 5.73 Å². The minimum absolute atomic E-state index is 0.315. The van der Waals surface area contributed by atoms with Crippen LogP contribution >= 0.6 is 0 Å². The Morgan fingerprint density at radius 2 is 2.28 bits per heavy atom. The average Bonchev–Trinajstić information content (AvgIpc) is 2.27. The van der Waals surface area contributed by atoms with Crippen molar-refractivity contribution < 1.29 is 23.2 Å². The molecule has 0 amide bonds. The fourth-order valence-electron chi connectivity index (χ4n) is 1.35. The Kier molecular flexibility index (Phi) is 4.08. The summed E-state index contributed by atoms with van der Waals surface area (Å²) in [6, 6.07) is 0.724. The SMILES string of the molecule is COC(=O)Cc1nc(N)cc([N+](=O)[O-])c1C(F)F. The zero-order chi connectivity index (χ0) is 13.9. The second kappa shape index (κ2) is 5.34. The number of carbonyl (C=O) groups is 1. The van der Waals surface area contributed by atoms with E-state index in [1.807, 2.05) is 0 Å². The molecule has 1 heterocycles. The number of nitrogens with two attached hydrogens (primary N) is 1. The van der Waals surface area contributed by atoms with E-state index in [1.165, 1.54) is 0 Å². The molecule has 98 valence electrons. The van der Waals surface area contributed by atoms with Crippen molar-refractivity contribution in [1.29, 1.82) is 0 Å². The average molecular weight is 261 g/mol. The van der Waals surface area contributed by atoms with E-state index in [-0.39, 0.29) is 5.82 Å². The molecule has 0 fully saturated rings. The predicted molar refractivity (Wildman–Crippen MR) is 56.0 cm³/mol. The van der Waals surface area contributed by atoms with Crippen LogP contribution in [0.1, 0.15) is 17.7 Å². The van der Waals surface area contributed by atoms with Crippen molar-refractivity contribution in [1.82, 2.24) is 4.98 Å². The van der Waals surface area contributed by atoms with Gasteiger partial charge in [-0.15, -0.1) is 0 Å². The van der Waals surface area contributed by atoms with Crippen LogP contribution in [0.3, 0.4) is 0 Å². The summed E-state index contributed by atoms with van der Waals surface area (Å²) < 4.78 is 29.9. The Morgan fingerprint density at radius 1 is 1.67 bits per heavy atom. The first kappa shape index (κ1) is 13.7. The molecule has 1 aromatic rings. The molecule has 0 saturated carbocycles. The number of halogens is 2. The number of nitrogens with zero attached hydrogens (tertiary/aromatic N) is 2. The minimum atomic E-state index is -3.14. The van der Waals surface area contributed by atoms with E-state index in [9.17, 15) is 23.7 Å². The number of nitrogen functional groups attached to an aromatic ring is 1. The third-order valence-corrected chi connectivity index (χ3v) is 2.09. The predicted octanol–water partition coefficient (Wildman–Crippen LogP) is 1.23. The molecule has 1 rings (SSSR count). The second-order valence-corrected chi connectivity index (χ2v) is 3.24. The highest BCUT2D eigenvalue weighted by molar-refractivity contribution is 5.73. The Morgan fingerprint density at radius 3 is 2.72 bits per heavy atom. The maximum Gasteiger partial charge on any atom is 0.311 e. The molecular formula is C9H9F2N3O4. The highest BCUT2D eigenvalue weighted by Crippen LogP contribution is 2.32. The van der Waals surface area contributed by atoms with Crippen molar-refractivity contribution in [3.63, 3.8) is 0 Å². The van der Waals surface area contributed by atoms with Gasteiger partial charge in [0, 0.05) is 0 Å². The molecule has 0 saturated heterocycles. The molecule has 0 aliphatic heterocycles. The zero-order valence-corrected chi connectivity index (χ0v) is 9.22. The smallest absolute Gasteiger partial charge is 0.311 e. The van der Waals surface area contributed by atoms with Gasteiger partial charge in [-0.3, -0.25) is 14.9 Å². The van der Waals surface area contributed by atoms with E-state index in [2.05, 4.69) is 9.72 Å². The number of rotatable bonds is 4. The normalized spacial score (nSPS) is 10.4. The Hall–Kier alpha value is -2.32. The van der Waals surface area contributed by atoms with E-state index in [0.717, 1.165) is 13.2 Å². The number of hydrogen-bond acceptors (Lipinski definition) is 6. The van der Waals surface area contributed by atoms with Crippen LogP contribution in [0.2, 0.25) is 0 Å². The van der Waals surface area contributed by atoms with Gasteiger partial charge in [0.25, 0.3) is 12.1 Å². The molecule has 0 aromatic carbocycles. The lowest BCUT2D eigenvalue weighted by Gasteiger charge is -2.08. The second-order valence-electron chi connectivity index (χ2n) is 3.24. The zero-order valence-electron chi connectivity index (χ0n) is 9.22. The minimum Gasteiger partial charge on any atom is -0.469 e. The number of anilines is 1. The molecule has 0 spiro atoms. The number of nitro groups is 1. The molecule has 0 aliphatic carbocycles. The van der Waals surface area contributed by atoms with Crippen molar-refractivity contribution in [2.75, 3.05) is 12.8 Å². The molecule has 0 radical (unpaired) electrons. The molecule has 2 N–H and O–H groups in total. The summed E-state index contributed by atoms with van der Waals surface area (Å²) in [5.74, 6) is -1.16. The van der Waals surface area contributed by atoms with Crippen LogP contribution < -0.4 is 5.73 Å². The van der Waals surface area contributed by atoms with Gasteiger partial charge in [-0.1, -0.05) is 0 Å². The molecule has 7 nitrogen and oxygen atoms in total. The number of pyridine rings is 1. The number of carbonyl (C=O) groups excluding carboxylic acids is 1. The van der Waals surface area contributed by atoms with Crippen LogP contribution in [0.4, 0.5) is 20.3 Å². The first-order valence-corrected chi connectivity index (χ1v) is 4.65. The highest BCUT2D eigenvalue weighted by atomic mass is 19.3. The van der Waals surface area contributed by atoms with Gasteiger partial charge >= 0.3 is 5.97 Å². The van der Waals surface area contributed by atoms with Gasteiger partial charge in [-0.05, 0) is 0 Å². The van der Waals surface area contributed by atoms with Crippen LogP contribution in [0.25, 0.3) is 0 Å². The summed E-state index contributed by atoms with van der Waals surface area (Å²) in [6.07, 6.45) is -3.75. The lowest BCUT2D eigenvalue weighted by molar-refractivity contribution is -0.386. The maximum absolute atomic E-state index is 12.8. The maximum atomic E-state index is 12.8. The first-order chi connectivity index (χ1) is 8.36. The molecule has 1 aromatic heterocycles. The van der Waals surface area contributed by atoms with Gasteiger partial charge in [-0.25, -0.2) is 13.8 Å². The van der Waals surface area contributed by atoms with Crippen LogP contribution in [0.5, 0.6) is 0 Å². The number of aromatic nitrogens is 1. The number of alkyl halides is 2. The van der Waals surface area contributed by atoms with Crippen molar-refractivity contribution in [2.24, 2.45) is 0 Å². The highest BCUT2D eigenvalue weighted by Gasteiger charge is 2.28. The fraction of sp³-hybridized carbons (Fsp3) is 0.333. The molecule has 0 bridgehead atoms. The van der Waals surface area contributed by atoms with Gasteiger partial charge in [0.2, 0.25) is 0 Å². The summed E-state index contributed by atoms with van der Waals surface area (Å²) in [4.78, 5) is 24.2. The lowest BCUT2D eigenvalue weighted by atomic mass is 10.1. The van der Waals surface area contributed by atoms with E-state index in [1.54, 1.807) is 0 Å². The number of ether oxygens (including phenoxy) is 1. The van der Waals surface area contributed by atoms with Crippen LogP contribution in [0, 0.1) is 10.1 Å². The quantitative estimate of drug-likeness (QED) is 0.496. The van der Waals surface area contributed by atoms with E-state index < -0.39 is 40.7 Å². The van der Waals surface area contributed by atoms with Crippen LogP contribution in [0.15, 0.2) is 6.07 Å². The van der Waals surface area contributed by atoms with Crippen molar-refractivity contribution in [3.8, 4) is 0 Å². The van der Waals surface area contributed by atoms with Gasteiger partial charge in [-0.2, -0.15) is 0 Å². The van der Waals surface area contributed by atoms with Crippen molar-refractivity contribution >= 4 is 17.5 Å². The molecular weight excluding hydrogens is 252 g/mol. The van der Waals surface area contributed by atoms with Crippen molar-refractivity contribution in [3.05, 3.63) is 27.4 Å². The lowest BCUT2D eigenvalue weighted by Crippen LogP contribution is -2.12. The van der Waals surface area contributed by atoms with Crippen molar-refractivity contribution in [2.45, 2.75) is 12.8 Å². The largest absolute Gasteiger partial charge is 0.469 e. The third kappa shape index (κ3) is 2.87. The number of hydrogen-bond donors (Lipinski definition) is 1. The summed E-state index contributed by atoms with van der Waals surface area (Å²) in [6.45, 7) is 0. The topological polar surface area (TPSA) is 108 Å². The standard InChI is InChI=1S/C9H9F2N3O4/c1-18-7(15)2-4-8(9(10)11)5(14(16)17)3-6(12)13-4/h3,9H,2H2,1H3,(H2,12,13). The van der Waals surface area contributed by atoms with Gasteiger partial charge in [0.15, 0.2) is 0 Å². The Balaban J connectivity index is 3.38. The van der Waals surface area contributed by atoms with Gasteiger partial charge in [0.1, 0.15) is 11.4 Å². The van der Waals surface area contributed by atoms with E-state index >= 15 is 0 Å². The molecule has 0 aliphatic rings. The third-order valence-electron chi connectivity index (χ3n) is 2.09. The molecule has 18 heavy (non-hydrogen) atoms. The molecule has 0 atom stereocenters. The monoisotopic (exact) mass is 261 g/mol. The summed E-state index contributed by atoms with van der Waals surface area (Å²) >= 11 is 0. The molecule has 9 heteroatoms.